The average Bonchev–Trinajstić information content (AvgIpc) is 3.31. The molecule has 0 saturated carbocycles. The SMILES string of the molecule is O=C(N[C@H]1CN2CCC1CC2)c1cc2oc(-c3ncc[nH]3)cc2cn1. The summed E-state index contributed by atoms with van der Waals surface area (Å²) < 4.78 is 5.82. The molecule has 1 atom stereocenters. The highest BCUT2D eigenvalue weighted by Gasteiger charge is 2.35. The first kappa shape index (κ1) is 14.7. The lowest BCUT2D eigenvalue weighted by molar-refractivity contribution is 0.0618. The number of H-pyrrole nitrogens is 1. The topological polar surface area (TPSA) is 87.0 Å². The van der Waals surface area contributed by atoms with Gasteiger partial charge in [0.1, 0.15) is 11.3 Å². The molecule has 7 nitrogen and oxygen atoms in total. The summed E-state index contributed by atoms with van der Waals surface area (Å²) in [6.07, 6.45) is 7.43. The summed E-state index contributed by atoms with van der Waals surface area (Å²) in [7, 11) is 0. The molecule has 3 saturated heterocycles. The molecule has 1 amide bonds. The number of piperidine rings is 3. The maximum Gasteiger partial charge on any atom is 0.270 e. The molecule has 3 aromatic heterocycles. The molecular formula is C18H19N5O2. The second-order valence-corrected chi connectivity index (χ2v) is 6.87. The van der Waals surface area contributed by atoms with Gasteiger partial charge < -0.3 is 19.6 Å². The number of fused-ring (bicyclic) bond motifs is 4. The van der Waals surface area contributed by atoms with Crippen LogP contribution in [0.4, 0.5) is 0 Å². The number of nitrogens with zero attached hydrogens (tertiary/aromatic N) is 3. The molecule has 128 valence electrons. The van der Waals surface area contributed by atoms with Crippen LogP contribution in [0.5, 0.6) is 0 Å². The van der Waals surface area contributed by atoms with Crippen molar-refractivity contribution in [3.8, 4) is 11.6 Å². The number of carbonyl (C=O) groups excluding carboxylic acids is 1. The minimum Gasteiger partial charge on any atom is -0.453 e. The quantitative estimate of drug-likeness (QED) is 0.764. The zero-order valence-electron chi connectivity index (χ0n) is 13.7. The van der Waals surface area contributed by atoms with E-state index in [0.29, 0.717) is 28.8 Å². The third-order valence-electron chi connectivity index (χ3n) is 5.34. The molecule has 0 aromatic carbocycles. The molecule has 2 N–H and O–H groups in total. The number of hydrogen-bond donors (Lipinski definition) is 2. The van der Waals surface area contributed by atoms with E-state index in [1.54, 1.807) is 24.7 Å². The highest BCUT2D eigenvalue weighted by molar-refractivity contribution is 5.96. The first-order valence-corrected chi connectivity index (χ1v) is 8.69. The minimum absolute atomic E-state index is 0.128. The lowest BCUT2D eigenvalue weighted by atomic mass is 9.84. The number of hydrogen-bond acceptors (Lipinski definition) is 5. The van der Waals surface area contributed by atoms with Gasteiger partial charge >= 0.3 is 0 Å². The Bertz CT molecular complexity index is 909. The van der Waals surface area contributed by atoms with Crippen LogP contribution in [0, 0.1) is 5.92 Å². The average molecular weight is 337 g/mol. The van der Waals surface area contributed by atoms with Gasteiger partial charge in [-0.1, -0.05) is 0 Å². The third kappa shape index (κ3) is 2.60. The van der Waals surface area contributed by atoms with Gasteiger partial charge in [-0.2, -0.15) is 0 Å². The summed E-state index contributed by atoms with van der Waals surface area (Å²) in [6, 6.07) is 3.80. The number of imidazole rings is 1. The van der Waals surface area contributed by atoms with Crippen LogP contribution in [0.3, 0.4) is 0 Å². The highest BCUT2D eigenvalue weighted by Crippen LogP contribution is 2.28. The second-order valence-electron chi connectivity index (χ2n) is 6.87. The van der Waals surface area contributed by atoms with Crippen LogP contribution in [-0.2, 0) is 0 Å². The van der Waals surface area contributed by atoms with Crippen molar-refractivity contribution in [1.29, 1.82) is 0 Å². The molecule has 25 heavy (non-hydrogen) atoms. The van der Waals surface area contributed by atoms with Crippen LogP contribution in [0.15, 0.2) is 35.1 Å². The van der Waals surface area contributed by atoms with E-state index in [0.717, 1.165) is 25.0 Å². The fourth-order valence-electron chi connectivity index (χ4n) is 3.95. The highest BCUT2D eigenvalue weighted by atomic mass is 16.3. The number of amides is 1. The number of carbonyl (C=O) groups is 1. The molecule has 2 bridgehead atoms. The maximum absolute atomic E-state index is 12.6. The summed E-state index contributed by atoms with van der Waals surface area (Å²) in [5.74, 6) is 1.76. The van der Waals surface area contributed by atoms with Gasteiger partial charge in [-0.15, -0.1) is 0 Å². The molecule has 3 aliphatic rings. The van der Waals surface area contributed by atoms with Gasteiger partial charge in [-0.25, -0.2) is 4.98 Å². The van der Waals surface area contributed by atoms with E-state index in [2.05, 4.69) is 25.2 Å². The largest absolute Gasteiger partial charge is 0.453 e. The molecule has 7 heteroatoms. The van der Waals surface area contributed by atoms with Crippen LogP contribution in [-0.4, -0.2) is 51.4 Å². The fourth-order valence-corrected chi connectivity index (χ4v) is 3.95. The summed E-state index contributed by atoms with van der Waals surface area (Å²) >= 11 is 0. The predicted octanol–water partition coefficient (Wildman–Crippen LogP) is 2.04. The van der Waals surface area contributed by atoms with Crippen LogP contribution >= 0.6 is 0 Å². The van der Waals surface area contributed by atoms with Crippen molar-refractivity contribution < 1.29 is 9.21 Å². The van der Waals surface area contributed by atoms with Gasteiger partial charge in [0.15, 0.2) is 11.6 Å². The number of aromatic amines is 1. The van der Waals surface area contributed by atoms with E-state index in [1.807, 2.05) is 6.07 Å². The van der Waals surface area contributed by atoms with Crippen molar-refractivity contribution in [2.24, 2.45) is 5.92 Å². The van der Waals surface area contributed by atoms with E-state index in [-0.39, 0.29) is 11.9 Å². The zero-order chi connectivity index (χ0) is 16.8. The van der Waals surface area contributed by atoms with E-state index in [1.165, 1.54) is 12.8 Å². The van der Waals surface area contributed by atoms with Gasteiger partial charge in [0, 0.05) is 42.6 Å². The number of nitrogens with one attached hydrogen (secondary N) is 2. The standard InChI is InChI=1S/C18H19N5O2/c24-18(22-14-10-23-5-1-11(14)2-6-23)13-8-15-12(9-21-13)7-16(25-15)17-19-3-4-20-17/h3-4,7-9,11,14H,1-2,5-6,10H2,(H,19,20)(H,22,24)/t14-/m0/s1. The van der Waals surface area contributed by atoms with Gasteiger partial charge in [0.2, 0.25) is 0 Å². The Kier molecular flexibility index (Phi) is 3.34. The van der Waals surface area contributed by atoms with Crippen molar-refractivity contribution in [3.63, 3.8) is 0 Å². The lowest BCUT2D eigenvalue weighted by Crippen LogP contribution is -2.57. The van der Waals surface area contributed by atoms with Gasteiger partial charge in [0.05, 0.1) is 0 Å². The number of aromatic nitrogens is 3. The lowest BCUT2D eigenvalue weighted by Gasteiger charge is -2.44. The molecule has 0 aliphatic carbocycles. The molecule has 3 aliphatic heterocycles. The van der Waals surface area contributed by atoms with Crippen LogP contribution in [0.2, 0.25) is 0 Å². The third-order valence-corrected chi connectivity index (χ3v) is 5.34. The fraction of sp³-hybridized carbons (Fsp3) is 0.389. The smallest absolute Gasteiger partial charge is 0.270 e. The Hall–Kier alpha value is -2.67. The summed E-state index contributed by atoms with van der Waals surface area (Å²) in [6.45, 7) is 3.26. The van der Waals surface area contributed by atoms with E-state index in [9.17, 15) is 4.79 Å². The summed E-state index contributed by atoms with van der Waals surface area (Å²) in [5, 5.41) is 4.01. The molecule has 0 unspecified atom stereocenters. The number of pyridine rings is 1. The van der Waals surface area contributed by atoms with Crippen molar-refractivity contribution >= 4 is 16.9 Å². The van der Waals surface area contributed by atoms with Crippen molar-refractivity contribution in [2.75, 3.05) is 19.6 Å². The van der Waals surface area contributed by atoms with Gasteiger partial charge in [-0.3, -0.25) is 9.78 Å². The maximum atomic E-state index is 12.6. The Morgan fingerprint density at radius 2 is 2.16 bits per heavy atom. The van der Waals surface area contributed by atoms with Crippen LogP contribution in [0.1, 0.15) is 23.3 Å². The molecule has 3 aromatic rings. The first-order valence-electron chi connectivity index (χ1n) is 8.69. The Morgan fingerprint density at radius 3 is 2.88 bits per heavy atom. The van der Waals surface area contributed by atoms with Crippen molar-refractivity contribution in [2.45, 2.75) is 18.9 Å². The van der Waals surface area contributed by atoms with Crippen LogP contribution in [0.25, 0.3) is 22.6 Å². The Balaban J connectivity index is 1.38. The first-order chi connectivity index (χ1) is 12.3. The minimum atomic E-state index is -0.128. The van der Waals surface area contributed by atoms with E-state index < -0.39 is 0 Å². The number of furan rings is 1. The molecular weight excluding hydrogens is 318 g/mol. The van der Waals surface area contributed by atoms with Crippen LogP contribution < -0.4 is 5.32 Å². The molecule has 3 fully saturated rings. The molecule has 6 rings (SSSR count). The Labute approximate surface area is 144 Å². The van der Waals surface area contributed by atoms with Crippen molar-refractivity contribution in [1.82, 2.24) is 25.2 Å². The van der Waals surface area contributed by atoms with E-state index >= 15 is 0 Å². The van der Waals surface area contributed by atoms with Gasteiger partial charge in [-0.05, 0) is 37.9 Å². The number of rotatable bonds is 3. The molecule has 0 radical (unpaired) electrons. The summed E-state index contributed by atoms with van der Waals surface area (Å²) in [4.78, 5) is 26.5. The molecule has 0 spiro atoms. The second kappa shape index (κ2) is 5.70. The predicted molar refractivity (Wildman–Crippen MR) is 92.0 cm³/mol. The normalized spacial score (nSPS) is 25.4. The van der Waals surface area contributed by atoms with E-state index in [4.69, 9.17) is 4.42 Å². The monoisotopic (exact) mass is 337 g/mol. The van der Waals surface area contributed by atoms with Crippen molar-refractivity contribution in [3.05, 3.63) is 36.4 Å². The van der Waals surface area contributed by atoms with Gasteiger partial charge in [0.25, 0.3) is 5.91 Å². The molecule has 6 heterocycles. The Morgan fingerprint density at radius 1 is 1.28 bits per heavy atom. The zero-order valence-corrected chi connectivity index (χ0v) is 13.7. The summed E-state index contributed by atoms with van der Waals surface area (Å²) in [5.41, 5.74) is 1.03.